The van der Waals surface area contributed by atoms with Crippen molar-refractivity contribution in [3.05, 3.63) is 43.1 Å². The van der Waals surface area contributed by atoms with Gasteiger partial charge in [-0.1, -0.05) is 41.8 Å². The SMILES string of the molecule is CC(C)CNS(=O)(=O)C1=CC2C(C3C=NC(Cl)=CC13)[C@@H](N=[N+]=[N-])C[C@@H]2N=[N+]=[N-]. The van der Waals surface area contributed by atoms with E-state index in [4.69, 9.17) is 22.7 Å². The van der Waals surface area contributed by atoms with Gasteiger partial charge in [-0.05, 0) is 41.3 Å². The molecule has 1 heterocycles. The molecule has 4 unspecified atom stereocenters. The molecule has 6 atom stereocenters. The first kappa shape index (κ1) is 20.7. The first-order valence-corrected chi connectivity index (χ1v) is 10.9. The summed E-state index contributed by atoms with van der Waals surface area (Å²) < 4.78 is 28.7. The molecule has 0 radical (unpaired) electrons. The van der Waals surface area contributed by atoms with Crippen molar-refractivity contribution in [3.63, 3.8) is 0 Å². The average Bonchev–Trinajstić information content (AvgIpc) is 2.97. The lowest BCUT2D eigenvalue weighted by molar-refractivity contribution is 0.278. The summed E-state index contributed by atoms with van der Waals surface area (Å²) in [5, 5.41) is 7.94. The molecular formula is C16H21ClN8O2S. The standard InChI is InChI=1S/C16H21ClN8O2S/c1-8(2)6-21-28(26,27)14-3-10-12(22-24-18)5-13(23-25-19)16(10)11-7-20-15(17)4-9(11)14/h3-4,7-13,16,21H,5-6H2,1-2H3/t9?,10?,11?,12-,13-,16?/m0/s1. The molecule has 3 rings (SSSR count). The Labute approximate surface area is 168 Å². The number of hydrogen-bond acceptors (Lipinski definition) is 5. The fraction of sp³-hybridized carbons (Fsp3) is 0.688. The molecule has 0 aromatic rings. The van der Waals surface area contributed by atoms with Crippen LogP contribution in [0, 0.1) is 29.6 Å². The number of aliphatic imine (C=N–C) groups is 1. The van der Waals surface area contributed by atoms with Crippen LogP contribution in [0.3, 0.4) is 0 Å². The highest BCUT2D eigenvalue weighted by molar-refractivity contribution is 7.93. The van der Waals surface area contributed by atoms with Crippen LogP contribution < -0.4 is 4.72 Å². The number of rotatable bonds is 6. The number of nitrogens with one attached hydrogen (secondary N) is 1. The predicted molar refractivity (Wildman–Crippen MR) is 107 cm³/mol. The summed E-state index contributed by atoms with van der Waals surface area (Å²) in [6, 6.07) is -0.907. The minimum Gasteiger partial charge on any atom is -0.249 e. The number of hydrogen-bond donors (Lipinski definition) is 1. The summed E-state index contributed by atoms with van der Waals surface area (Å²) in [6.45, 7) is 4.14. The van der Waals surface area contributed by atoms with E-state index in [2.05, 4.69) is 29.8 Å². The lowest BCUT2D eigenvalue weighted by Crippen LogP contribution is -2.42. The molecule has 10 nitrogen and oxygen atoms in total. The van der Waals surface area contributed by atoms with E-state index < -0.39 is 28.0 Å². The zero-order chi connectivity index (χ0) is 20.5. The monoisotopic (exact) mass is 424 g/mol. The van der Waals surface area contributed by atoms with Gasteiger partial charge in [0.25, 0.3) is 0 Å². The van der Waals surface area contributed by atoms with Crippen LogP contribution in [0.1, 0.15) is 20.3 Å². The first-order valence-electron chi connectivity index (χ1n) is 8.99. The Bertz CT molecular complexity index is 930. The third kappa shape index (κ3) is 3.90. The molecule has 0 aromatic heterocycles. The molecule has 150 valence electrons. The maximum atomic E-state index is 13.0. The molecule has 0 amide bonds. The van der Waals surface area contributed by atoms with Crippen molar-refractivity contribution in [2.75, 3.05) is 6.54 Å². The minimum absolute atomic E-state index is 0.145. The van der Waals surface area contributed by atoms with Gasteiger partial charge in [-0.15, -0.1) is 0 Å². The maximum absolute atomic E-state index is 13.0. The van der Waals surface area contributed by atoms with Gasteiger partial charge in [0.1, 0.15) is 5.16 Å². The number of nitrogens with zero attached hydrogens (tertiary/aromatic N) is 7. The van der Waals surface area contributed by atoms with Crippen LogP contribution in [-0.4, -0.2) is 33.3 Å². The van der Waals surface area contributed by atoms with Crippen LogP contribution in [0.4, 0.5) is 0 Å². The van der Waals surface area contributed by atoms with Gasteiger partial charge in [-0.2, -0.15) is 0 Å². The van der Waals surface area contributed by atoms with Gasteiger partial charge >= 0.3 is 0 Å². The normalized spacial score (nSPS) is 33.9. The van der Waals surface area contributed by atoms with Crippen LogP contribution in [0.25, 0.3) is 20.9 Å². The van der Waals surface area contributed by atoms with E-state index in [0.717, 1.165) is 0 Å². The average molecular weight is 425 g/mol. The third-order valence-corrected chi connectivity index (χ3v) is 7.24. The van der Waals surface area contributed by atoms with Crippen molar-refractivity contribution < 1.29 is 8.42 Å². The van der Waals surface area contributed by atoms with Crippen molar-refractivity contribution in [2.24, 2.45) is 44.8 Å². The summed E-state index contributed by atoms with van der Waals surface area (Å²) in [7, 11) is -3.77. The second-order valence-electron chi connectivity index (χ2n) is 7.62. The molecule has 1 N–H and O–H groups in total. The highest BCUT2D eigenvalue weighted by Crippen LogP contribution is 2.51. The van der Waals surface area contributed by atoms with E-state index in [1.54, 1.807) is 18.4 Å². The van der Waals surface area contributed by atoms with Gasteiger partial charge in [0.15, 0.2) is 0 Å². The second kappa shape index (κ2) is 8.14. The number of allylic oxidation sites excluding steroid dienone is 2. The minimum atomic E-state index is -3.77. The lowest BCUT2D eigenvalue weighted by Gasteiger charge is -2.39. The Kier molecular flexibility index (Phi) is 6.02. The topological polar surface area (TPSA) is 156 Å². The lowest BCUT2D eigenvalue weighted by atomic mass is 9.70. The smallest absolute Gasteiger partial charge is 0.237 e. The molecule has 1 aliphatic heterocycles. The van der Waals surface area contributed by atoms with Gasteiger partial charge in [0.05, 0.1) is 4.91 Å². The molecule has 0 aromatic carbocycles. The van der Waals surface area contributed by atoms with Crippen LogP contribution >= 0.6 is 11.6 Å². The number of azide groups is 2. The summed E-state index contributed by atoms with van der Waals surface area (Å²) >= 11 is 6.07. The van der Waals surface area contributed by atoms with Gasteiger partial charge in [-0.25, -0.2) is 18.1 Å². The molecule has 12 heteroatoms. The van der Waals surface area contributed by atoms with E-state index in [0.29, 0.717) is 13.0 Å². The molecule has 1 saturated carbocycles. The van der Waals surface area contributed by atoms with Gasteiger partial charge < -0.3 is 0 Å². The number of halogens is 1. The Hall–Kier alpha value is -2.03. The maximum Gasteiger partial charge on any atom is 0.237 e. The number of sulfonamides is 1. The third-order valence-electron chi connectivity index (χ3n) is 5.44. The van der Waals surface area contributed by atoms with Crippen molar-refractivity contribution in [2.45, 2.75) is 32.4 Å². The zero-order valence-corrected chi connectivity index (χ0v) is 17.0. The Morgan fingerprint density at radius 3 is 2.57 bits per heavy atom. The fourth-order valence-electron chi connectivity index (χ4n) is 4.28. The Balaban J connectivity index is 2.10. The van der Waals surface area contributed by atoms with Crippen LogP contribution in [0.15, 0.2) is 37.4 Å². The second-order valence-corrected chi connectivity index (χ2v) is 9.77. The molecule has 28 heavy (non-hydrogen) atoms. The largest absolute Gasteiger partial charge is 0.249 e. The van der Waals surface area contributed by atoms with Crippen molar-refractivity contribution in [1.29, 1.82) is 0 Å². The summed E-state index contributed by atoms with van der Waals surface area (Å²) in [6.07, 6.45) is 5.27. The van der Waals surface area contributed by atoms with Crippen molar-refractivity contribution in [3.8, 4) is 0 Å². The van der Waals surface area contributed by atoms with E-state index in [1.165, 1.54) is 0 Å². The van der Waals surface area contributed by atoms with Crippen molar-refractivity contribution >= 4 is 27.8 Å². The molecule has 2 aliphatic carbocycles. The van der Waals surface area contributed by atoms with Gasteiger partial charge in [0, 0.05) is 46.5 Å². The zero-order valence-electron chi connectivity index (χ0n) is 15.4. The molecule has 0 bridgehead atoms. The summed E-state index contributed by atoms with van der Waals surface area (Å²) in [5.41, 5.74) is 17.9. The van der Waals surface area contributed by atoms with Gasteiger partial charge in [-0.3, -0.25) is 0 Å². The highest BCUT2D eigenvalue weighted by atomic mass is 35.5. The molecule has 0 spiro atoms. The first-order chi connectivity index (χ1) is 13.3. The van der Waals surface area contributed by atoms with E-state index >= 15 is 0 Å². The van der Waals surface area contributed by atoms with Crippen molar-refractivity contribution in [1.82, 2.24) is 4.72 Å². The molecular weight excluding hydrogens is 404 g/mol. The quantitative estimate of drug-likeness (QED) is 0.297. The molecule has 0 saturated heterocycles. The van der Waals surface area contributed by atoms with Crippen LogP contribution in [0.5, 0.6) is 0 Å². The number of fused-ring (bicyclic) bond motifs is 3. The molecule has 1 fully saturated rings. The van der Waals surface area contributed by atoms with Crippen LogP contribution in [-0.2, 0) is 10.0 Å². The summed E-state index contributed by atoms with van der Waals surface area (Å²) in [4.78, 5) is 10.2. The van der Waals surface area contributed by atoms with E-state index in [1.807, 2.05) is 13.8 Å². The van der Waals surface area contributed by atoms with Crippen LogP contribution in [0.2, 0.25) is 0 Å². The predicted octanol–water partition coefficient (Wildman–Crippen LogP) is 3.85. The highest BCUT2D eigenvalue weighted by Gasteiger charge is 2.52. The summed E-state index contributed by atoms with van der Waals surface area (Å²) in [5.74, 6) is -1.28. The van der Waals surface area contributed by atoms with E-state index in [9.17, 15) is 8.42 Å². The van der Waals surface area contributed by atoms with Gasteiger partial charge in [0.2, 0.25) is 10.0 Å². The van der Waals surface area contributed by atoms with E-state index in [-0.39, 0.29) is 33.7 Å². The fourth-order valence-corrected chi connectivity index (χ4v) is 6.11. The Morgan fingerprint density at radius 2 is 1.93 bits per heavy atom. The Morgan fingerprint density at radius 1 is 1.25 bits per heavy atom. The molecule has 3 aliphatic rings.